The Morgan fingerprint density at radius 1 is 1.07 bits per heavy atom. The zero-order valence-electron chi connectivity index (χ0n) is 16.9. The molecule has 0 aliphatic heterocycles. The number of aryl methyl sites for hydroxylation is 1. The van der Waals surface area contributed by atoms with Crippen molar-refractivity contribution in [2.24, 2.45) is 5.41 Å². The molecule has 4 rings (SSSR count). The molecule has 0 saturated carbocycles. The van der Waals surface area contributed by atoms with Gasteiger partial charge in [0.2, 0.25) is 0 Å². The van der Waals surface area contributed by atoms with E-state index in [9.17, 15) is 0 Å². The van der Waals surface area contributed by atoms with E-state index in [-0.39, 0.29) is 5.41 Å². The average molecular weight is 381 g/mol. The van der Waals surface area contributed by atoms with Gasteiger partial charge in [-0.25, -0.2) is 0 Å². The number of pyridine rings is 2. The highest BCUT2D eigenvalue weighted by Crippen LogP contribution is 2.33. The first-order valence-electron chi connectivity index (χ1n) is 9.69. The lowest BCUT2D eigenvalue weighted by molar-refractivity contribution is 0.341. The minimum atomic E-state index is 0.258. The summed E-state index contributed by atoms with van der Waals surface area (Å²) in [5.41, 5.74) is 4.86. The first-order valence-corrected chi connectivity index (χ1v) is 9.69. The maximum absolute atomic E-state index is 7.36. The maximum atomic E-state index is 7.36. The van der Waals surface area contributed by atoms with Crippen LogP contribution in [0.2, 0.25) is 0 Å². The number of rotatable bonds is 4. The zero-order chi connectivity index (χ0) is 20.4. The van der Waals surface area contributed by atoms with Gasteiger partial charge in [-0.15, -0.1) is 4.98 Å². The molecular weight excluding hydrogens is 358 g/mol. The summed E-state index contributed by atoms with van der Waals surface area (Å²) in [6.07, 6.45) is 6.77. The van der Waals surface area contributed by atoms with Crippen LogP contribution in [0, 0.1) is 12.0 Å². The Labute approximate surface area is 170 Å². The molecule has 0 amide bonds. The van der Waals surface area contributed by atoms with E-state index in [1.165, 1.54) is 0 Å². The van der Waals surface area contributed by atoms with Crippen LogP contribution in [0.1, 0.15) is 27.2 Å². The van der Waals surface area contributed by atoms with Crippen molar-refractivity contribution in [1.82, 2.24) is 19.7 Å². The summed E-state index contributed by atoms with van der Waals surface area (Å²) in [4.78, 5) is 12.6. The number of hydrogen-bond donors (Lipinski definition) is 0. The molecule has 0 aliphatic rings. The molecule has 0 radical (unpaired) electrons. The van der Waals surface area contributed by atoms with Crippen molar-refractivity contribution in [2.75, 3.05) is 0 Å². The zero-order valence-corrected chi connectivity index (χ0v) is 16.9. The molecular formula is C24H23N5. The third kappa shape index (κ3) is 4.17. The molecule has 5 nitrogen and oxygen atoms in total. The molecule has 0 spiro atoms. The second-order valence-corrected chi connectivity index (χ2v) is 8.39. The van der Waals surface area contributed by atoms with Crippen molar-refractivity contribution in [1.29, 1.82) is 0 Å². The Bertz CT molecular complexity index is 1210. The van der Waals surface area contributed by atoms with Crippen LogP contribution in [-0.4, -0.2) is 19.7 Å². The first-order chi connectivity index (χ1) is 13.9. The van der Waals surface area contributed by atoms with Gasteiger partial charge in [0.25, 0.3) is 5.82 Å². The second kappa shape index (κ2) is 7.48. The highest BCUT2D eigenvalue weighted by atomic mass is 15.3. The van der Waals surface area contributed by atoms with Gasteiger partial charge in [0.1, 0.15) is 0 Å². The fourth-order valence-electron chi connectivity index (χ4n) is 3.25. The van der Waals surface area contributed by atoms with E-state index >= 15 is 0 Å². The Morgan fingerprint density at radius 3 is 2.72 bits per heavy atom. The van der Waals surface area contributed by atoms with E-state index in [0.29, 0.717) is 5.82 Å². The molecule has 0 atom stereocenters. The Balaban J connectivity index is 1.76. The number of fused-ring (bicyclic) bond motifs is 1. The monoisotopic (exact) mass is 381 g/mol. The van der Waals surface area contributed by atoms with Crippen LogP contribution in [0.25, 0.3) is 38.1 Å². The predicted molar refractivity (Wildman–Crippen MR) is 117 cm³/mol. The van der Waals surface area contributed by atoms with Gasteiger partial charge in [-0.2, -0.15) is 5.10 Å². The van der Waals surface area contributed by atoms with Crippen molar-refractivity contribution in [3.05, 3.63) is 72.5 Å². The van der Waals surface area contributed by atoms with Crippen LogP contribution in [0.4, 0.5) is 5.82 Å². The van der Waals surface area contributed by atoms with Gasteiger partial charge in [-0.1, -0.05) is 45.5 Å². The molecule has 0 unspecified atom stereocenters. The number of nitrogens with zero attached hydrogens (tertiary/aromatic N) is 5. The van der Waals surface area contributed by atoms with Gasteiger partial charge in [0.05, 0.1) is 11.7 Å². The standard InChI is InChI=1S/C24H23N5/c1-24(2,3)11-13-29-16-19(15-27-29)20-9-10-22(25-4)28-23(20)18-8-7-17-6-5-12-26-21(17)14-18/h5-10,12,14-16H,11,13H2,1-3H3. The van der Waals surface area contributed by atoms with Crippen molar-refractivity contribution in [2.45, 2.75) is 33.7 Å². The molecule has 4 aromatic rings. The highest BCUT2D eigenvalue weighted by Gasteiger charge is 2.17. The molecule has 0 fully saturated rings. The lowest BCUT2D eigenvalue weighted by Gasteiger charge is -2.17. The number of hydrogen-bond acceptors (Lipinski definition) is 3. The molecule has 0 bridgehead atoms. The van der Waals surface area contributed by atoms with Crippen LogP contribution in [0.3, 0.4) is 0 Å². The van der Waals surface area contributed by atoms with Crippen LogP contribution in [0.5, 0.6) is 0 Å². The molecule has 0 aliphatic carbocycles. The van der Waals surface area contributed by atoms with E-state index in [4.69, 9.17) is 6.57 Å². The quantitative estimate of drug-likeness (QED) is 0.399. The molecule has 3 aromatic heterocycles. The summed E-state index contributed by atoms with van der Waals surface area (Å²) in [6.45, 7) is 14.9. The van der Waals surface area contributed by atoms with E-state index in [1.807, 2.05) is 47.3 Å². The van der Waals surface area contributed by atoms with Gasteiger partial charge in [-0.05, 0) is 36.1 Å². The maximum Gasteiger partial charge on any atom is 0.270 e. The van der Waals surface area contributed by atoms with E-state index in [1.54, 1.807) is 12.3 Å². The normalized spacial score (nSPS) is 11.5. The lowest BCUT2D eigenvalue weighted by atomic mass is 9.92. The lowest BCUT2D eigenvalue weighted by Crippen LogP contribution is -2.10. The fourth-order valence-corrected chi connectivity index (χ4v) is 3.25. The summed E-state index contributed by atoms with van der Waals surface area (Å²) in [6, 6.07) is 13.8. The van der Waals surface area contributed by atoms with Crippen molar-refractivity contribution in [3.8, 4) is 22.4 Å². The summed E-state index contributed by atoms with van der Waals surface area (Å²) in [7, 11) is 0. The van der Waals surface area contributed by atoms with E-state index in [0.717, 1.165) is 46.3 Å². The Hall–Kier alpha value is -3.52. The number of benzene rings is 1. The topological polar surface area (TPSA) is 48.0 Å². The largest absolute Gasteiger partial charge is 0.361 e. The molecule has 29 heavy (non-hydrogen) atoms. The van der Waals surface area contributed by atoms with Crippen molar-refractivity contribution < 1.29 is 0 Å². The first kappa shape index (κ1) is 18.8. The molecule has 3 heterocycles. The molecule has 144 valence electrons. The number of aromatic nitrogens is 4. The molecule has 5 heteroatoms. The van der Waals surface area contributed by atoms with Gasteiger partial charge in [0, 0.05) is 41.0 Å². The fraction of sp³-hybridized carbons (Fsp3) is 0.250. The minimum absolute atomic E-state index is 0.258. The molecule has 0 saturated heterocycles. The van der Waals surface area contributed by atoms with Gasteiger partial charge >= 0.3 is 0 Å². The predicted octanol–water partition coefficient (Wildman–Crippen LogP) is 6.15. The molecule has 0 N–H and O–H groups in total. The van der Waals surface area contributed by atoms with Crippen LogP contribution in [0.15, 0.2) is 61.1 Å². The van der Waals surface area contributed by atoms with Crippen LogP contribution in [-0.2, 0) is 6.54 Å². The third-order valence-electron chi connectivity index (χ3n) is 4.91. The van der Waals surface area contributed by atoms with Crippen molar-refractivity contribution in [3.63, 3.8) is 0 Å². The third-order valence-corrected chi connectivity index (χ3v) is 4.91. The van der Waals surface area contributed by atoms with E-state index < -0.39 is 0 Å². The Morgan fingerprint density at radius 2 is 1.93 bits per heavy atom. The van der Waals surface area contributed by atoms with Gasteiger partial charge < -0.3 is 4.85 Å². The average Bonchev–Trinajstić information content (AvgIpc) is 3.20. The minimum Gasteiger partial charge on any atom is -0.361 e. The van der Waals surface area contributed by atoms with E-state index in [2.05, 4.69) is 46.9 Å². The summed E-state index contributed by atoms with van der Waals surface area (Å²) >= 11 is 0. The SMILES string of the molecule is [C-]#[N+]c1ccc(-c2cnn(CCC(C)(C)C)c2)c(-c2ccc3cccnc3c2)n1. The van der Waals surface area contributed by atoms with Gasteiger partial charge in [0.15, 0.2) is 5.69 Å². The van der Waals surface area contributed by atoms with Gasteiger partial charge in [-0.3, -0.25) is 9.67 Å². The summed E-state index contributed by atoms with van der Waals surface area (Å²) in [5.74, 6) is 0.380. The van der Waals surface area contributed by atoms with Crippen LogP contribution >= 0.6 is 0 Å². The summed E-state index contributed by atoms with van der Waals surface area (Å²) in [5, 5.41) is 5.62. The Kier molecular flexibility index (Phi) is 4.85. The smallest absolute Gasteiger partial charge is 0.270 e. The summed E-state index contributed by atoms with van der Waals surface area (Å²) < 4.78 is 1.98. The van der Waals surface area contributed by atoms with Crippen molar-refractivity contribution >= 4 is 16.7 Å². The molecule has 1 aromatic carbocycles. The van der Waals surface area contributed by atoms with Crippen LogP contribution < -0.4 is 0 Å². The second-order valence-electron chi connectivity index (χ2n) is 8.39. The highest BCUT2D eigenvalue weighted by molar-refractivity contribution is 5.88.